The number of fused-ring (bicyclic) bond motifs is 1. The second kappa shape index (κ2) is 7.04. The van der Waals surface area contributed by atoms with Gasteiger partial charge < -0.3 is 14.9 Å². The summed E-state index contributed by atoms with van der Waals surface area (Å²) in [5.74, 6) is -0.597. The Morgan fingerprint density at radius 2 is 1.91 bits per heavy atom. The number of methoxy groups -OCH3 is 1. The molecule has 0 spiro atoms. The smallest absolute Gasteiger partial charge is 0.267 e. The summed E-state index contributed by atoms with van der Waals surface area (Å²) in [6.07, 6.45) is 0.584. The van der Waals surface area contributed by atoms with Crippen molar-refractivity contribution < 1.29 is 25.0 Å². The van der Waals surface area contributed by atoms with Crippen LogP contribution in [0.2, 0.25) is 0 Å². The summed E-state index contributed by atoms with van der Waals surface area (Å²) >= 11 is 0. The second-order valence-electron chi connectivity index (χ2n) is 4.70. The van der Waals surface area contributed by atoms with Gasteiger partial charge in [0, 0.05) is 18.6 Å². The summed E-state index contributed by atoms with van der Waals surface area (Å²) in [4.78, 5) is 11.0. The normalized spacial score (nSPS) is 14.1. The SMILES string of the molecule is CO[C@H](/C=C/C(=O)NO)[C@H](O)c1ccc(O)c2ccccc12. The molecule has 0 heterocycles. The number of carbonyl (C=O) groups is 1. The number of amides is 1. The highest BCUT2D eigenvalue weighted by Gasteiger charge is 2.21. The predicted octanol–water partition coefficient (Wildman–Crippen LogP) is 1.66. The van der Waals surface area contributed by atoms with Gasteiger partial charge in [-0.25, -0.2) is 5.48 Å². The van der Waals surface area contributed by atoms with Crippen molar-refractivity contribution in [1.82, 2.24) is 5.48 Å². The van der Waals surface area contributed by atoms with Gasteiger partial charge in [-0.05, 0) is 23.1 Å². The van der Waals surface area contributed by atoms with Crippen LogP contribution < -0.4 is 5.48 Å². The van der Waals surface area contributed by atoms with Crippen molar-refractivity contribution in [2.45, 2.75) is 12.2 Å². The van der Waals surface area contributed by atoms with Gasteiger partial charge in [0.1, 0.15) is 18.0 Å². The zero-order valence-corrected chi connectivity index (χ0v) is 11.9. The molecule has 6 nitrogen and oxygen atoms in total. The lowest BCUT2D eigenvalue weighted by atomic mass is 9.96. The van der Waals surface area contributed by atoms with Gasteiger partial charge in [-0.15, -0.1) is 0 Å². The monoisotopic (exact) mass is 303 g/mol. The van der Waals surface area contributed by atoms with E-state index < -0.39 is 18.1 Å². The molecule has 4 N–H and O–H groups in total. The Hall–Kier alpha value is -2.41. The number of rotatable bonds is 5. The molecule has 22 heavy (non-hydrogen) atoms. The molecule has 0 bridgehead atoms. The number of aromatic hydroxyl groups is 1. The van der Waals surface area contributed by atoms with Gasteiger partial charge >= 0.3 is 0 Å². The lowest BCUT2D eigenvalue weighted by Crippen LogP contribution is -2.21. The molecule has 0 unspecified atom stereocenters. The first-order valence-corrected chi connectivity index (χ1v) is 6.62. The van der Waals surface area contributed by atoms with E-state index in [1.54, 1.807) is 30.3 Å². The van der Waals surface area contributed by atoms with E-state index in [1.807, 2.05) is 0 Å². The number of hydrogen-bond donors (Lipinski definition) is 4. The van der Waals surface area contributed by atoms with E-state index in [2.05, 4.69) is 0 Å². The highest BCUT2D eigenvalue weighted by atomic mass is 16.5. The molecule has 0 aliphatic heterocycles. The van der Waals surface area contributed by atoms with Crippen molar-refractivity contribution in [3.05, 3.63) is 54.1 Å². The second-order valence-corrected chi connectivity index (χ2v) is 4.70. The van der Waals surface area contributed by atoms with Crippen LogP contribution >= 0.6 is 0 Å². The van der Waals surface area contributed by atoms with Crippen LogP contribution in [0, 0.1) is 0 Å². The summed E-state index contributed by atoms with van der Waals surface area (Å²) in [6, 6.07) is 10.2. The molecule has 116 valence electrons. The number of phenols is 1. The van der Waals surface area contributed by atoms with Crippen LogP contribution in [0.3, 0.4) is 0 Å². The number of hydrogen-bond acceptors (Lipinski definition) is 5. The van der Waals surface area contributed by atoms with Crippen LogP contribution in [-0.2, 0) is 9.53 Å². The summed E-state index contributed by atoms with van der Waals surface area (Å²) in [6.45, 7) is 0. The number of ether oxygens (including phenoxy) is 1. The maximum Gasteiger partial charge on any atom is 0.267 e. The zero-order chi connectivity index (χ0) is 16.1. The van der Waals surface area contributed by atoms with Crippen LogP contribution in [0.15, 0.2) is 48.6 Å². The van der Waals surface area contributed by atoms with Crippen molar-refractivity contribution in [3.8, 4) is 5.75 Å². The summed E-state index contributed by atoms with van der Waals surface area (Å²) < 4.78 is 5.18. The largest absolute Gasteiger partial charge is 0.507 e. The highest BCUT2D eigenvalue weighted by Crippen LogP contribution is 2.32. The summed E-state index contributed by atoms with van der Waals surface area (Å²) in [5.41, 5.74) is 2.03. The first kappa shape index (κ1) is 16.0. The third kappa shape index (κ3) is 3.25. The van der Waals surface area contributed by atoms with Gasteiger partial charge in [0.15, 0.2) is 0 Å². The Labute approximate surface area is 127 Å². The number of aliphatic hydroxyl groups is 1. The fourth-order valence-corrected chi connectivity index (χ4v) is 2.27. The van der Waals surface area contributed by atoms with E-state index >= 15 is 0 Å². The molecule has 0 saturated carbocycles. The molecular formula is C16H17NO5. The van der Waals surface area contributed by atoms with Gasteiger partial charge in [-0.3, -0.25) is 10.0 Å². The van der Waals surface area contributed by atoms with Crippen molar-refractivity contribution in [2.24, 2.45) is 0 Å². The van der Waals surface area contributed by atoms with E-state index in [0.29, 0.717) is 16.3 Å². The Bertz CT molecular complexity index is 698. The van der Waals surface area contributed by atoms with Crippen molar-refractivity contribution in [1.29, 1.82) is 0 Å². The lowest BCUT2D eigenvalue weighted by Gasteiger charge is -2.20. The summed E-state index contributed by atoms with van der Waals surface area (Å²) in [7, 11) is 1.40. The van der Waals surface area contributed by atoms with Crippen molar-refractivity contribution in [2.75, 3.05) is 7.11 Å². The Balaban J connectivity index is 2.39. The number of carbonyl (C=O) groups excluding carboxylic acids is 1. The number of phenolic OH excluding ortho intramolecular Hbond substituents is 1. The minimum atomic E-state index is -1.04. The average molecular weight is 303 g/mol. The molecule has 0 radical (unpaired) electrons. The number of hydroxylamine groups is 1. The van der Waals surface area contributed by atoms with E-state index in [4.69, 9.17) is 9.94 Å². The van der Waals surface area contributed by atoms with E-state index in [9.17, 15) is 15.0 Å². The van der Waals surface area contributed by atoms with Gasteiger partial charge in [-0.1, -0.05) is 30.3 Å². The van der Waals surface area contributed by atoms with Gasteiger partial charge in [0.05, 0.1) is 0 Å². The average Bonchev–Trinajstić information content (AvgIpc) is 2.55. The maximum atomic E-state index is 11.0. The Kier molecular flexibility index (Phi) is 5.11. The van der Waals surface area contributed by atoms with Crippen LogP contribution in [0.1, 0.15) is 11.7 Å². The molecule has 0 fully saturated rings. The van der Waals surface area contributed by atoms with Crippen molar-refractivity contribution >= 4 is 16.7 Å². The molecule has 2 aromatic carbocycles. The number of nitrogens with one attached hydrogen (secondary N) is 1. The fraction of sp³-hybridized carbons (Fsp3) is 0.188. The van der Waals surface area contributed by atoms with Gasteiger partial charge in [0.2, 0.25) is 0 Å². The van der Waals surface area contributed by atoms with Crippen LogP contribution in [0.5, 0.6) is 5.75 Å². The number of aliphatic hydroxyl groups excluding tert-OH is 1. The first-order valence-electron chi connectivity index (χ1n) is 6.62. The molecule has 2 rings (SSSR count). The van der Waals surface area contributed by atoms with Crippen molar-refractivity contribution in [3.63, 3.8) is 0 Å². The molecule has 2 atom stereocenters. The highest BCUT2D eigenvalue weighted by molar-refractivity contribution is 5.91. The standard InChI is InChI=1S/C16H17NO5/c1-22-14(8-9-15(19)17-21)16(20)12-6-7-13(18)11-5-3-2-4-10(11)12/h2-9,14,16,18,20-21H,1H3,(H,17,19)/b9-8+/t14-,16-/m1/s1. The van der Waals surface area contributed by atoms with Crippen LogP contribution in [-0.4, -0.2) is 34.5 Å². The Morgan fingerprint density at radius 3 is 2.55 bits per heavy atom. The van der Waals surface area contributed by atoms with Gasteiger partial charge in [0.25, 0.3) is 5.91 Å². The zero-order valence-electron chi connectivity index (χ0n) is 11.9. The fourth-order valence-electron chi connectivity index (χ4n) is 2.27. The van der Waals surface area contributed by atoms with Crippen LogP contribution in [0.4, 0.5) is 0 Å². The Morgan fingerprint density at radius 1 is 1.23 bits per heavy atom. The molecule has 0 aromatic heterocycles. The van der Waals surface area contributed by atoms with Gasteiger partial charge in [-0.2, -0.15) is 0 Å². The third-order valence-corrected chi connectivity index (χ3v) is 3.38. The lowest BCUT2D eigenvalue weighted by molar-refractivity contribution is -0.124. The summed E-state index contributed by atoms with van der Waals surface area (Å²) in [5, 5.41) is 30.2. The topological polar surface area (TPSA) is 99.0 Å². The molecule has 0 aliphatic rings. The van der Waals surface area contributed by atoms with E-state index in [0.717, 1.165) is 6.08 Å². The maximum absolute atomic E-state index is 11.0. The predicted molar refractivity (Wildman–Crippen MR) is 80.4 cm³/mol. The quantitative estimate of drug-likeness (QED) is 0.382. The molecule has 2 aromatic rings. The molecule has 6 heteroatoms. The van der Waals surface area contributed by atoms with E-state index in [-0.39, 0.29) is 5.75 Å². The minimum absolute atomic E-state index is 0.121. The molecule has 0 aliphatic carbocycles. The molecular weight excluding hydrogens is 286 g/mol. The van der Waals surface area contributed by atoms with Crippen LogP contribution in [0.25, 0.3) is 10.8 Å². The first-order chi connectivity index (χ1) is 10.6. The van der Waals surface area contributed by atoms with E-state index in [1.165, 1.54) is 24.7 Å². The molecule has 0 saturated heterocycles. The minimum Gasteiger partial charge on any atom is -0.507 e. The molecule has 1 amide bonds. The third-order valence-electron chi connectivity index (χ3n) is 3.38. The number of benzene rings is 2.